The highest BCUT2D eigenvalue weighted by Gasteiger charge is 2.14. The fourth-order valence-corrected chi connectivity index (χ4v) is 3.02. The van der Waals surface area contributed by atoms with Crippen molar-refractivity contribution in [2.75, 3.05) is 13.2 Å². The molecule has 0 radical (unpaired) electrons. The monoisotopic (exact) mass is 413 g/mol. The average Bonchev–Trinajstić information content (AvgIpc) is 2.66. The highest BCUT2D eigenvalue weighted by atomic mass is 35.5. The van der Waals surface area contributed by atoms with Crippen molar-refractivity contribution >= 4 is 28.4 Å². The minimum atomic E-state index is -0.306. The third kappa shape index (κ3) is 5.57. The molecule has 0 fully saturated rings. The quantitative estimate of drug-likeness (QED) is 0.596. The van der Waals surface area contributed by atoms with Crippen molar-refractivity contribution in [2.45, 2.75) is 33.2 Å². The number of ether oxygens (including phenoxy) is 2. The summed E-state index contributed by atoms with van der Waals surface area (Å²) in [5, 5.41) is 3.94. The molecule has 3 rings (SSSR count). The molecule has 0 saturated carbocycles. The summed E-state index contributed by atoms with van der Waals surface area (Å²) in [6.45, 7) is 8.19. The molecule has 1 heterocycles. The Morgan fingerprint density at radius 2 is 1.83 bits per heavy atom. The molecule has 2 aromatic carbocycles. The van der Waals surface area contributed by atoms with Crippen LogP contribution in [0.5, 0.6) is 11.5 Å². The van der Waals surface area contributed by atoms with Crippen LogP contribution in [0.1, 0.15) is 27.7 Å². The number of nitrogens with zero attached hydrogens (tertiary/aromatic N) is 2. The van der Waals surface area contributed by atoms with Crippen molar-refractivity contribution in [1.29, 1.82) is 0 Å². The molecule has 3 aromatic rings. The summed E-state index contributed by atoms with van der Waals surface area (Å²) < 4.78 is 11.1. The van der Waals surface area contributed by atoms with E-state index in [0.717, 1.165) is 22.2 Å². The highest BCUT2D eigenvalue weighted by Crippen LogP contribution is 2.29. The second kappa shape index (κ2) is 8.66. The van der Waals surface area contributed by atoms with Gasteiger partial charge in [-0.05, 0) is 58.0 Å². The zero-order chi connectivity index (χ0) is 21.0. The van der Waals surface area contributed by atoms with E-state index >= 15 is 0 Å². The molecule has 0 spiro atoms. The van der Waals surface area contributed by atoms with E-state index in [4.69, 9.17) is 21.1 Å². The van der Waals surface area contributed by atoms with Gasteiger partial charge in [-0.15, -0.1) is 0 Å². The number of halogens is 1. The Morgan fingerprint density at radius 1 is 1.07 bits per heavy atom. The number of hydrogen-bond acceptors (Lipinski definition) is 5. The van der Waals surface area contributed by atoms with Gasteiger partial charge in [-0.3, -0.25) is 4.79 Å². The Morgan fingerprint density at radius 3 is 2.55 bits per heavy atom. The molecule has 0 unspecified atom stereocenters. The summed E-state index contributed by atoms with van der Waals surface area (Å²) in [5.74, 6) is 1.58. The molecule has 0 saturated heterocycles. The van der Waals surface area contributed by atoms with Gasteiger partial charge in [0.2, 0.25) is 0 Å². The number of aromatic nitrogens is 2. The average molecular weight is 414 g/mol. The predicted octanol–water partition coefficient (Wildman–Crippen LogP) is 4.64. The second-order valence-corrected chi connectivity index (χ2v) is 7.92. The first-order valence-electron chi connectivity index (χ1n) is 9.39. The van der Waals surface area contributed by atoms with Crippen LogP contribution in [-0.4, -0.2) is 34.6 Å². The summed E-state index contributed by atoms with van der Waals surface area (Å²) in [5.41, 5.74) is 1.16. The number of rotatable bonds is 6. The summed E-state index contributed by atoms with van der Waals surface area (Å²) >= 11 is 6.40. The summed E-state index contributed by atoms with van der Waals surface area (Å²) in [7, 11) is 0. The highest BCUT2D eigenvalue weighted by molar-refractivity contribution is 6.34. The van der Waals surface area contributed by atoms with Gasteiger partial charge in [0.15, 0.2) is 12.4 Å². The molecule has 0 atom stereocenters. The zero-order valence-corrected chi connectivity index (χ0v) is 17.7. The van der Waals surface area contributed by atoms with Gasteiger partial charge in [0.25, 0.3) is 5.91 Å². The van der Waals surface area contributed by atoms with Crippen LogP contribution in [0.4, 0.5) is 0 Å². The van der Waals surface area contributed by atoms with Crippen LogP contribution in [0.3, 0.4) is 0 Å². The van der Waals surface area contributed by atoms with Gasteiger partial charge in [-0.25, -0.2) is 9.97 Å². The van der Waals surface area contributed by atoms with E-state index in [0.29, 0.717) is 23.3 Å². The van der Waals surface area contributed by atoms with Gasteiger partial charge in [0.05, 0.1) is 12.1 Å². The maximum absolute atomic E-state index is 12.0. The largest absolute Gasteiger partial charge is 0.494 e. The topological polar surface area (TPSA) is 73.3 Å². The third-order valence-corrected chi connectivity index (χ3v) is 4.20. The molecule has 1 N–H and O–H groups in total. The van der Waals surface area contributed by atoms with E-state index in [-0.39, 0.29) is 18.1 Å². The number of benzene rings is 2. The van der Waals surface area contributed by atoms with Crippen LogP contribution >= 0.6 is 11.6 Å². The molecule has 1 aromatic heterocycles. The predicted molar refractivity (Wildman–Crippen MR) is 115 cm³/mol. The Kier molecular flexibility index (Phi) is 6.23. The number of carbonyl (C=O) groups is 1. The van der Waals surface area contributed by atoms with E-state index in [1.807, 2.05) is 58.0 Å². The van der Waals surface area contributed by atoms with Crippen LogP contribution in [0, 0.1) is 0 Å². The summed E-state index contributed by atoms with van der Waals surface area (Å²) in [4.78, 5) is 21.0. The van der Waals surface area contributed by atoms with Crippen molar-refractivity contribution in [3.05, 3.63) is 47.6 Å². The van der Waals surface area contributed by atoms with Gasteiger partial charge in [-0.2, -0.15) is 0 Å². The number of fused-ring (bicyclic) bond motifs is 1. The summed E-state index contributed by atoms with van der Waals surface area (Å²) in [6, 6.07) is 12.8. The van der Waals surface area contributed by atoms with Crippen LogP contribution < -0.4 is 14.8 Å². The minimum Gasteiger partial charge on any atom is -0.494 e. The van der Waals surface area contributed by atoms with E-state index < -0.39 is 0 Å². The first-order chi connectivity index (χ1) is 13.7. The van der Waals surface area contributed by atoms with Gasteiger partial charge >= 0.3 is 0 Å². The Balaban J connectivity index is 1.82. The molecular weight excluding hydrogens is 390 g/mol. The lowest BCUT2D eigenvalue weighted by Gasteiger charge is -2.20. The second-order valence-electron chi connectivity index (χ2n) is 7.56. The zero-order valence-electron chi connectivity index (χ0n) is 17.0. The molecule has 0 bridgehead atoms. The van der Waals surface area contributed by atoms with Crippen LogP contribution in [-0.2, 0) is 4.79 Å². The van der Waals surface area contributed by atoms with Crippen molar-refractivity contribution in [3.63, 3.8) is 0 Å². The molecule has 29 heavy (non-hydrogen) atoms. The Hall–Kier alpha value is -2.86. The third-order valence-electron chi connectivity index (χ3n) is 3.91. The van der Waals surface area contributed by atoms with Crippen molar-refractivity contribution in [2.24, 2.45) is 0 Å². The number of carbonyl (C=O) groups excluding carboxylic acids is 1. The van der Waals surface area contributed by atoms with Crippen LogP contribution in [0.25, 0.3) is 22.3 Å². The molecule has 0 aliphatic heterocycles. The fraction of sp³-hybridized carbons (Fsp3) is 0.318. The molecule has 6 nitrogen and oxygen atoms in total. The van der Waals surface area contributed by atoms with E-state index in [2.05, 4.69) is 15.3 Å². The van der Waals surface area contributed by atoms with Gasteiger partial charge in [-0.1, -0.05) is 23.7 Å². The smallest absolute Gasteiger partial charge is 0.258 e. The SMILES string of the molecule is CCOc1ccc2nc(-c3cccc(OCC(=O)NC(C)(C)C)c3)nc(Cl)c2c1. The first-order valence-corrected chi connectivity index (χ1v) is 9.77. The number of hydrogen-bond donors (Lipinski definition) is 1. The standard InChI is InChI=1S/C22H24ClN3O3/c1-5-28-16-9-10-18-17(12-16)20(23)25-21(24-18)14-7-6-8-15(11-14)29-13-19(27)26-22(2,3)4/h6-12H,5,13H2,1-4H3,(H,26,27). The molecular formula is C22H24ClN3O3. The number of amides is 1. The van der Waals surface area contributed by atoms with Gasteiger partial charge in [0.1, 0.15) is 16.7 Å². The van der Waals surface area contributed by atoms with Crippen LogP contribution in [0.15, 0.2) is 42.5 Å². The lowest BCUT2D eigenvalue weighted by molar-refractivity contribution is -0.124. The van der Waals surface area contributed by atoms with Crippen molar-refractivity contribution in [1.82, 2.24) is 15.3 Å². The van der Waals surface area contributed by atoms with E-state index in [1.54, 1.807) is 12.1 Å². The van der Waals surface area contributed by atoms with Gasteiger partial charge in [0, 0.05) is 16.5 Å². The maximum Gasteiger partial charge on any atom is 0.258 e. The molecule has 0 aliphatic carbocycles. The lowest BCUT2D eigenvalue weighted by Crippen LogP contribution is -2.43. The molecule has 152 valence electrons. The van der Waals surface area contributed by atoms with Crippen molar-refractivity contribution < 1.29 is 14.3 Å². The van der Waals surface area contributed by atoms with Gasteiger partial charge < -0.3 is 14.8 Å². The Bertz CT molecular complexity index is 1030. The maximum atomic E-state index is 12.0. The molecule has 0 aliphatic rings. The van der Waals surface area contributed by atoms with Crippen molar-refractivity contribution in [3.8, 4) is 22.9 Å². The molecule has 1 amide bonds. The minimum absolute atomic E-state index is 0.0692. The normalized spacial score (nSPS) is 11.3. The van der Waals surface area contributed by atoms with E-state index in [1.165, 1.54) is 0 Å². The number of nitrogens with one attached hydrogen (secondary N) is 1. The Labute approximate surface area is 175 Å². The van der Waals surface area contributed by atoms with E-state index in [9.17, 15) is 4.79 Å². The first kappa shape index (κ1) is 20.9. The van der Waals surface area contributed by atoms with Crippen LogP contribution in [0.2, 0.25) is 5.15 Å². The fourth-order valence-electron chi connectivity index (χ4n) is 2.78. The molecule has 7 heteroatoms. The lowest BCUT2D eigenvalue weighted by atomic mass is 10.1. The summed E-state index contributed by atoms with van der Waals surface area (Å²) in [6.07, 6.45) is 0.